The number of rotatable bonds is 2. The number of nitrogens with two attached hydrogens (primary N) is 3. The molecule has 4 nitrogen and oxygen atoms in total. The molecular formula is C22H34N4S2. The molecule has 6 N–H and O–H groups in total. The molecule has 2 aromatic rings. The van der Waals surface area contributed by atoms with Crippen molar-refractivity contribution in [3.05, 3.63) is 52.3 Å². The lowest BCUT2D eigenvalue weighted by Gasteiger charge is -2.15. The van der Waals surface area contributed by atoms with Crippen molar-refractivity contribution in [2.24, 2.45) is 10.9 Å². The van der Waals surface area contributed by atoms with Gasteiger partial charge in [0.25, 0.3) is 0 Å². The first-order valence-corrected chi connectivity index (χ1v) is 11.5. The minimum Gasteiger partial charge on any atom is -0.405 e. The van der Waals surface area contributed by atoms with Crippen molar-refractivity contribution < 1.29 is 0 Å². The summed E-state index contributed by atoms with van der Waals surface area (Å²) in [5.74, 6) is 0.730. The summed E-state index contributed by atoms with van der Waals surface area (Å²) in [7, 11) is 0. The predicted molar refractivity (Wildman–Crippen MR) is 125 cm³/mol. The molecule has 6 heteroatoms. The van der Waals surface area contributed by atoms with Gasteiger partial charge in [0.05, 0.1) is 4.21 Å². The van der Waals surface area contributed by atoms with Gasteiger partial charge in [-0.2, -0.15) is 0 Å². The Morgan fingerprint density at radius 1 is 1.29 bits per heavy atom. The highest BCUT2D eigenvalue weighted by Gasteiger charge is 2.30. The smallest absolute Gasteiger partial charge is 0.0752 e. The highest BCUT2D eigenvalue weighted by Crippen LogP contribution is 2.46. The lowest BCUT2D eigenvalue weighted by Crippen LogP contribution is -2.08. The molecule has 1 saturated carbocycles. The molecule has 28 heavy (non-hydrogen) atoms. The van der Waals surface area contributed by atoms with Gasteiger partial charge in [0.15, 0.2) is 0 Å². The van der Waals surface area contributed by atoms with Crippen LogP contribution in [-0.2, 0) is 18.3 Å². The summed E-state index contributed by atoms with van der Waals surface area (Å²) >= 11 is 3.04. The molecule has 0 radical (unpaired) electrons. The van der Waals surface area contributed by atoms with Gasteiger partial charge in [-0.05, 0) is 96.6 Å². The van der Waals surface area contributed by atoms with Gasteiger partial charge in [-0.25, -0.2) is 0 Å². The van der Waals surface area contributed by atoms with Crippen molar-refractivity contribution in [1.82, 2.24) is 4.98 Å². The Balaban J connectivity index is 0.000000181. The molecule has 2 aliphatic carbocycles. The van der Waals surface area contributed by atoms with Crippen LogP contribution in [0.25, 0.3) is 0 Å². The lowest BCUT2D eigenvalue weighted by molar-refractivity contribution is 0.592. The van der Waals surface area contributed by atoms with Crippen molar-refractivity contribution in [3.8, 4) is 0 Å². The van der Waals surface area contributed by atoms with E-state index in [1.165, 1.54) is 69.7 Å². The average Bonchev–Trinajstić information content (AvgIpc) is 3.13. The molecule has 0 bridgehead atoms. The van der Waals surface area contributed by atoms with Gasteiger partial charge in [0.1, 0.15) is 0 Å². The van der Waals surface area contributed by atoms with Crippen LogP contribution in [0.1, 0.15) is 74.0 Å². The summed E-state index contributed by atoms with van der Waals surface area (Å²) in [5.41, 5.74) is 18.7. The maximum absolute atomic E-state index is 6.24. The molecule has 0 saturated heterocycles. The van der Waals surface area contributed by atoms with E-state index in [2.05, 4.69) is 51.5 Å². The molecule has 154 valence electrons. The van der Waals surface area contributed by atoms with Gasteiger partial charge in [0, 0.05) is 17.1 Å². The number of nitrogen functional groups attached to an aromatic ring is 1. The summed E-state index contributed by atoms with van der Waals surface area (Å²) in [6.07, 6.45) is 7.39. The van der Waals surface area contributed by atoms with E-state index in [4.69, 9.17) is 15.9 Å². The quantitative estimate of drug-likeness (QED) is 0.565. The summed E-state index contributed by atoms with van der Waals surface area (Å²) in [5, 5.41) is 7.61. The maximum atomic E-state index is 6.24. The van der Waals surface area contributed by atoms with Gasteiger partial charge >= 0.3 is 0 Å². The fourth-order valence-electron chi connectivity index (χ4n) is 3.42. The second kappa shape index (κ2) is 9.81. The Hall–Kier alpha value is -1.50. The first kappa shape index (κ1) is 22.8. The average molecular weight is 419 g/mol. The summed E-state index contributed by atoms with van der Waals surface area (Å²) < 4.78 is 1.19. The monoisotopic (exact) mass is 418 g/mol. The molecule has 2 aromatic heterocycles. The number of hydrogen-bond donors (Lipinski definition) is 3. The molecule has 1 fully saturated rings. The molecule has 2 aliphatic rings. The number of fused-ring (bicyclic) bond motifs is 1. The lowest BCUT2D eigenvalue weighted by atomic mass is 9.90. The number of nitrogens with zero attached hydrogens (tertiary/aromatic N) is 1. The van der Waals surface area contributed by atoms with E-state index >= 15 is 0 Å². The van der Waals surface area contributed by atoms with Crippen LogP contribution < -0.4 is 16.6 Å². The van der Waals surface area contributed by atoms with E-state index in [1.807, 2.05) is 0 Å². The van der Waals surface area contributed by atoms with Crippen LogP contribution in [0.4, 0.5) is 5.69 Å². The van der Waals surface area contributed by atoms with E-state index in [1.54, 1.807) is 11.3 Å². The van der Waals surface area contributed by atoms with Crippen LogP contribution >= 0.6 is 23.3 Å². The van der Waals surface area contributed by atoms with Gasteiger partial charge in [-0.1, -0.05) is 27.4 Å². The minimum absolute atomic E-state index is 0.254. The first-order chi connectivity index (χ1) is 13.2. The number of pyridine rings is 1. The number of aryl methyl sites for hydroxylation is 2. The number of anilines is 1. The topological polar surface area (TPSA) is 91.0 Å². The number of thiophene rings is 1. The molecule has 4 rings (SSSR count). The standard InChI is InChI=1S/C12H16N2.C8H13NS2.C2H5N/c1-7-11(8-5-6-8)12(13)9-3-2-4-10(9)14-7;1-8(2,3)6-4-7(11-9)10-5-6;1-2-3/h8H,2-6H2,1H3,(H2,13,14);4-5H,9H2,1-3H3;2H,1,3H2. The Morgan fingerprint density at radius 2 is 1.93 bits per heavy atom. The maximum Gasteiger partial charge on any atom is 0.0752 e. The fourth-order valence-corrected chi connectivity index (χ4v) is 4.84. The van der Waals surface area contributed by atoms with Crippen molar-refractivity contribution in [1.29, 1.82) is 0 Å². The molecule has 0 unspecified atom stereocenters. The van der Waals surface area contributed by atoms with Gasteiger partial charge in [-0.15, -0.1) is 11.3 Å². The molecule has 0 amide bonds. The molecule has 2 heterocycles. The summed E-state index contributed by atoms with van der Waals surface area (Å²) in [4.78, 5) is 4.70. The molecule has 0 aliphatic heterocycles. The third kappa shape index (κ3) is 5.75. The zero-order chi connectivity index (χ0) is 20.9. The van der Waals surface area contributed by atoms with E-state index < -0.39 is 0 Å². The first-order valence-electron chi connectivity index (χ1n) is 9.79. The Labute approximate surface area is 178 Å². The zero-order valence-corrected chi connectivity index (χ0v) is 19.2. The Bertz CT molecular complexity index is 802. The predicted octanol–water partition coefficient (Wildman–Crippen LogP) is 5.44. The molecule has 0 aromatic carbocycles. The second-order valence-corrected chi connectivity index (χ2v) is 10.2. The third-order valence-electron chi connectivity index (χ3n) is 5.04. The SMILES string of the molecule is C=CN.CC(C)(C)c1csc(SN)c1.Cc1nc2c(c(N)c1C1CC1)CCC2. The molecular weight excluding hydrogens is 384 g/mol. The van der Waals surface area contributed by atoms with Crippen molar-refractivity contribution in [3.63, 3.8) is 0 Å². The van der Waals surface area contributed by atoms with Crippen molar-refractivity contribution in [2.45, 2.75) is 75.3 Å². The zero-order valence-electron chi connectivity index (χ0n) is 17.5. The Morgan fingerprint density at radius 3 is 2.39 bits per heavy atom. The van der Waals surface area contributed by atoms with Crippen molar-refractivity contribution in [2.75, 3.05) is 5.73 Å². The normalized spacial score (nSPS) is 15.0. The Kier molecular flexibility index (Phi) is 7.98. The van der Waals surface area contributed by atoms with Gasteiger partial charge < -0.3 is 11.5 Å². The van der Waals surface area contributed by atoms with Crippen molar-refractivity contribution >= 4 is 29.0 Å². The van der Waals surface area contributed by atoms with Crippen LogP contribution in [0.2, 0.25) is 0 Å². The number of aromatic nitrogens is 1. The van der Waals surface area contributed by atoms with E-state index in [-0.39, 0.29) is 5.41 Å². The summed E-state index contributed by atoms with van der Waals surface area (Å²) in [6.45, 7) is 11.9. The largest absolute Gasteiger partial charge is 0.405 e. The van der Waals surface area contributed by atoms with Crippen LogP contribution in [0.5, 0.6) is 0 Å². The minimum atomic E-state index is 0.254. The van der Waals surface area contributed by atoms with Gasteiger partial charge in [-0.3, -0.25) is 10.1 Å². The van der Waals surface area contributed by atoms with Gasteiger partial charge in [0.2, 0.25) is 0 Å². The summed E-state index contributed by atoms with van der Waals surface area (Å²) in [6, 6.07) is 2.16. The highest BCUT2D eigenvalue weighted by atomic mass is 32.2. The van der Waals surface area contributed by atoms with E-state index in [0.717, 1.165) is 24.4 Å². The molecule has 0 atom stereocenters. The van der Waals surface area contributed by atoms with Crippen LogP contribution in [0, 0.1) is 6.92 Å². The highest BCUT2D eigenvalue weighted by molar-refractivity contribution is 7.99. The van der Waals surface area contributed by atoms with Crippen LogP contribution in [0.3, 0.4) is 0 Å². The fraction of sp³-hybridized carbons (Fsp3) is 0.500. The van der Waals surface area contributed by atoms with E-state index in [9.17, 15) is 0 Å². The molecule has 0 spiro atoms. The van der Waals surface area contributed by atoms with E-state index in [0.29, 0.717) is 0 Å². The van der Waals surface area contributed by atoms with Crippen LogP contribution in [-0.4, -0.2) is 4.98 Å². The number of hydrogen-bond acceptors (Lipinski definition) is 6. The van der Waals surface area contributed by atoms with Crippen LogP contribution in [0.15, 0.2) is 28.4 Å². The second-order valence-electron chi connectivity index (χ2n) is 8.34. The third-order valence-corrected chi connectivity index (χ3v) is 6.69.